The van der Waals surface area contributed by atoms with Crippen molar-refractivity contribution in [1.82, 2.24) is 4.90 Å². The van der Waals surface area contributed by atoms with E-state index in [1.807, 2.05) is 13.8 Å². The van der Waals surface area contributed by atoms with Crippen LogP contribution in [-0.4, -0.2) is 49.3 Å². The molecule has 0 bridgehead atoms. The fourth-order valence-corrected chi connectivity index (χ4v) is 1.81. The van der Waals surface area contributed by atoms with Gasteiger partial charge >= 0.3 is 0 Å². The molecule has 1 heterocycles. The Morgan fingerprint density at radius 1 is 1.24 bits per heavy atom. The average molecular weight is 241 g/mol. The summed E-state index contributed by atoms with van der Waals surface area (Å²) >= 11 is 0. The Labute approximate surface area is 103 Å². The summed E-state index contributed by atoms with van der Waals surface area (Å²) in [5, 5.41) is 0. The number of morpholine rings is 1. The molecule has 0 saturated carbocycles. The SMILES string of the molecule is CC(C)C(=O)CC(=O)CCCN1CCOCC1. The van der Waals surface area contributed by atoms with Crippen molar-refractivity contribution in [2.45, 2.75) is 33.1 Å². The molecule has 1 rings (SSSR count). The molecule has 0 amide bonds. The number of Topliss-reactive ketones (excluding diaryl/α,β-unsaturated/α-hetero) is 2. The van der Waals surface area contributed by atoms with Gasteiger partial charge in [-0.05, 0) is 13.0 Å². The Kier molecular flexibility index (Phi) is 6.37. The number of hydrogen-bond donors (Lipinski definition) is 0. The molecule has 98 valence electrons. The molecule has 1 aliphatic rings. The molecular weight excluding hydrogens is 218 g/mol. The molecule has 17 heavy (non-hydrogen) atoms. The van der Waals surface area contributed by atoms with Gasteiger partial charge in [0, 0.05) is 25.4 Å². The lowest BCUT2D eigenvalue weighted by molar-refractivity contribution is -0.128. The minimum Gasteiger partial charge on any atom is -0.379 e. The van der Waals surface area contributed by atoms with E-state index in [2.05, 4.69) is 4.90 Å². The van der Waals surface area contributed by atoms with Gasteiger partial charge in [0.2, 0.25) is 0 Å². The Morgan fingerprint density at radius 3 is 2.47 bits per heavy atom. The van der Waals surface area contributed by atoms with E-state index in [-0.39, 0.29) is 23.9 Å². The van der Waals surface area contributed by atoms with Crippen molar-refractivity contribution < 1.29 is 14.3 Å². The third-order valence-corrected chi connectivity index (χ3v) is 3.05. The van der Waals surface area contributed by atoms with Crippen molar-refractivity contribution in [2.75, 3.05) is 32.8 Å². The topological polar surface area (TPSA) is 46.6 Å². The highest BCUT2D eigenvalue weighted by Crippen LogP contribution is 2.05. The maximum atomic E-state index is 11.5. The highest BCUT2D eigenvalue weighted by atomic mass is 16.5. The smallest absolute Gasteiger partial charge is 0.142 e. The van der Waals surface area contributed by atoms with Crippen LogP contribution >= 0.6 is 0 Å². The van der Waals surface area contributed by atoms with E-state index in [0.717, 1.165) is 39.3 Å². The van der Waals surface area contributed by atoms with Crippen molar-refractivity contribution in [3.63, 3.8) is 0 Å². The van der Waals surface area contributed by atoms with Gasteiger partial charge in [0.1, 0.15) is 11.6 Å². The first-order chi connectivity index (χ1) is 8.09. The Bertz CT molecular complexity index is 257. The monoisotopic (exact) mass is 241 g/mol. The van der Waals surface area contributed by atoms with Crippen molar-refractivity contribution in [3.05, 3.63) is 0 Å². The second kappa shape index (κ2) is 7.56. The number of hydrogen-bond acceptors (Lipinski definition) is 4. The highest BCUT2D eigenvalue weighted by Gasteiger charge is 2.14. The zero-order valence-electron chi connectivity index (χ0n) is 10.9. The van der Waals surface area contributed by atoms with Crippen LogP contribution in [0.2, 0.25) is 0 Å². The fourth-order valence-electron chi connectivity index (χ4n) is 1.81. The number of ketones is 2. The van der Waals surface area contributed by atoms with Gasteiger partial charge in [-0.15, -0.1) is 0 Å². The fraction of sp³-hybridized carbons (Fsp3) is 0.846. The maximum Gasteiger partial charge on any atom is 0.142 e. The van der Waals surface area contributed by atoms with Gasteiger partial charge in [-0.3, -0.25) is 14.5 Å². The molecule has 0 N–H and O–H groups in total. The summed E-state index contributed by atoms with van der Waals surface area (Å²) in [6.45, 7) is 8.11. The molecular formula is C13H23NO3. The molecule has 1 saturated heterocycles. The summed E-state index contributed by atoms with van der Waals surface area (Å²) in [6, 6.07) is 0. The predicted octanol–water partition coefficient (Wildman–Crippen LogP) is 1.28. The summed E-state index contributed by atoms with van der Waals surface area (Å²) in [4.78, 5) is 25.2. The number of rotatable bonds is 7. The normalized spacial score (nSPS) is 17.4. The van der Waals surface area contributed by atoms with E-state index in [9.17, 15) is 9.59 Å². The number of ether oxygens (including phenoxy) is 1. The molecule has 0 aliphatic carbocycles. The zero-order chi connectivity index (χ0) is 12.7. The van der Waals surface area contributed by atoms with Gasteiger partial charge in [-0.25, -0.2) is 0 Å². The molecule has 1 aliphatic heterocycles. The van der Waals surface area contributed by atoms with Gasteiger partial charge < -0.3 is 4.74 Å². The van der Waals surface area contributed by atoms with Gasteiger partial charge in [0.25, 0.3) is 0 Å². The van der Waals surface area contributed by atoms with Crippen molar-refractivity contribution in [2.24, 2.45) is 5.92 Å². The number of carbonyl (C=O) groups excluding carboxylic acids is 2. The maximum absolute atomic E-state index is 11.5. The molecule has 0 radical (unpaired) electrons. The van der Waals surface area contributed by atoms with E-state index in [4.69, 9.17) is 4.74 Å². The van der Waals surface area contributed by atoms with Gasteiger partial charge in [-0.2, -0.15) is 0 Å². The molecule has 4 heteroatoms. The third kappa shape index (κ3) is 5.94. The van der Waals surface area contributed by atoms with Crippen molar-refractivity contribution >= 4 is 11.6 Å². The molecule has 1 fully saturated rings. The minimum absolute atomic E-state index is 0.0295. The Morgan fingerprint density at radius 2 is 1.88 bits per heavy atom. The van der Waals surface area contributed by atoms with Crippen LogP contribution in [0.25, 0.3) is 0 Å². The molecule has 0 aromatic carbocycles. The highest BCUT2D eigenvalue weighted by molar-refractivity contribution is 5.99. The van der Waals surface area contributed by atoms with Crippen LogP contribution in [0.1, 0.15) is 33.1 Å². The first kappa shape index (κ1) is 14.3. The first-order valence-corrected chi connectivity index (χ1v) is 6.44. The summed E-state index contributed by atoms with van der Waals surface area (Å²) < 4.78 is 5.25. The summed E-state index contributed by atoms with van der Waals surface area (Å²) in [5.74, 6) is 0.108. The summed E-state index contributed by atoms with van der Waals surface area (Å²) in [6.07, 6.45) is 1.49. The molecule has 0 aromatic rings. The molecule has 4 nitrogen and oxygen atoms in total. The zero-order valence-corrected chi connectivity index (χ0v) is 10.9. The van der Waals surface area contributed by atoms with Crippen LogP contribution in [0.15, 0.2) is 0 Å². The van der Waals surface area contributed by atoms with Gasteiger partial charge in [-0.1, -0.05) is 13.8 Å². The average Bonchev–Trinajstić information content (AvgIpc) is 2.30. The van der Waals surface area contributed by atoms with Crippen LogP contribution in [-0.2, 0) is 14.3 Å². The van der Waals surface area contributed by atoms with E-state index in [1.165, 1.54) is 0 Å². The summed E-state index contributed by atoms with van der Waals surface area (Å²) in [7, 11) is 0. The second-order valence-electron chi connectivity index (χ2n) is 4.89. The molecule has 0 aromatic heterocycles. The van der Waals surface area contributed by atoms with Gasteiger partial charge in [0.15, 0.2) is 0 Å². The van der Waals surface area contributed by atoms with Crippen LogP contribution < -0.4 is 0 Å². The van der Waals surface area contributed by atoms with Crippen molar-refractivity contribution in [1.29, 1.82) is 0 Å². The van der Waals surface area contributed by atoms with E-state index in [0.29, 0.717) is 6.42 Å². The Balaban J connectivity index is 2.09. The van der Waals surface area contributed by atoms with Crippen LogP contribution in [0.5, 0.6) is 0 Å². The van der Waals surface area contributed by atoms with E-state index < -0.39 is 0 Å². The van der Waals surface area contributed by atoms with E-state index >= 15 is 0 Å². The van der Waals surface area contributed by atoms with Crippen LogP contribution in [0.4, 0.5) is 0 Å². The second-order valence-corrected chi connectivity index (χ2v) is 4.89. The quantitative estimate of drug-likeness (QED) is 0.630. The van der Waals surface area contributed by atoms with E-state index in [1.54, 1.807) is 0 Å². The third-order valence-electron chi connectivity index (χ3n) is 3.05. The molecule has 0 atom stereocenters. The standard InChI is InChI=1S/C13H23NO3/c1-11(2)13(16)10-12(15)4-3-5-14-6-8-17-9-7-14/h11H,3-10H2,1-2H3. The van der Waals surface area contributed by atoms with Crippen molar-refractivity contribution in [3.8, 4) is 0 Å². The Hall–Kier alpha value is -0.740. The minimum atomic E-state index is -0.0295. The van der Waals surface area contributed by atoms with Crippen LogP contribution in [0, 0.1) is 5.92 Å². The number of nitrogens with zero attached hydrogens (tertiary/aromatic N) is 1. The molecule has 0 spiro atoms. The lowest BCUT2D eigenvalue weighted by atomic mass is 10.0. The predicted molar refractivity (Wildman–Crippen MR) is 66.0 cm³/mol. The van der Waals surface area contributed by atoms with Gasteiger partial charge in [0.05, 0.1) is 19.6 Å². The largest absolute Gasteiger partial charge is 0.379 e. The lowest BCUT2D eigenvalue weighted by Gasteiger charge is -2.26. The first-order valence-electron chi connectivity index (χ1n) is 6.44. The lowest BCUT2D eigenvalue weighted by Crippen LogP contribution is -2.37. The van der Waals surface area contributed by atoms with Crippen LogP contribution in [0.3, 0.4) is 0 Å². The number of carbonyl (C=O) groups is 2. The molecule has 0 unspecified atom stereocenters. The summed E-state index contributed by atoms with van der Waals surface area (Å²) in [5.41, 5.74) is 0.